The summed E-state index contributed by atoms with van der Waals surface area (Å²) in [5, 5.41) is 0. The second-order valence-corrected chi connectivity index (χ2v) is 4.74. The molecule has 0 fully saturated rings. The number of benzene rings is 1. The predicted molar refractivity (Wildman–Crippen MR) is 70.1 cm³/mol. The molecule has 1 unspecified atom stereocenters. The van der Waals surface area contributed by atoms with Crippen LogP contribution in [0.15, 0.2) is 22.6 Å². The Morgan fingerprint density at radius 2 is 1.78 bits per heavy atom. The fraction of sp³-hybridized carbons (Fsp3) is 0.333. The van der Waals surface area contributed by atoms with Gasteiger partial charge in [0.05, 0.1) is 6.04 Å². The molecule has 2 rings (SSSR count). The second-order valence-electron chi connectivity index (χ2n) is 4.74. The van der Waals surface area contributed by atoms with Gasteiger partial charge in [-0.25, -0.2) is 4.39 Å². The van der Waals surface area contributed by atoms with Crippen LogP contribution in [0.4, 0.5) is 4.39 Å². The van der Waals surface area contributed by atoms with Crippen LogP contribution >= 0.6 is 0 Å². The zero-order valence-corrected chi connectivity index (χ0v) is 11.2. The van der Waals surface area contributed by atoms with E-state index in [0.717, 1.165) is 28.2 Å². The van der Waals surface area contributed by atoms with Gasteiger partial charge in [-0.2, -0.15) is 0 Å². The Balaban J connectivity index is 2.47. The van der Waals surface area contributed by atoms with Crippen molar-refractivity contribution >= 4 is 0 Å². The van der Waals surface area contributed by atoms with Crippen LogP contribution in [0.1, 0.15) is 39.8 Å². The summed E-state index contributed by atoms with van der Waals surface area (Å²) in [6, 6.07) is 4.77. The number of furan rings is 1. The van der Waals surface area contributed by atoms with Gasteiger partial charge in [-0.1, -0.05) is 12.1 Å². The first-order valence-corrected chi connectivity index (χ1v) is 6.00. The molecule has 0 bridgehead atoms. The zero-order valence-electron chi connectivity index (χ0n) is 11.2. The van der Waals surface area contributed by atoms with Crippen LogP contribution in [0.3, 0.4) is 0 Å². The number of hydrogen-bond acceptors (Lipinski definition) is 2. The van der Waals surface area contributed by atoms with E-state index in [1.165, 1.54) is 6.07 Å². The van der Waals surface area contributed by atoms with E-state index in [1.807, 2.05) is 26.8 Å². The van der Waals surface area contributed by atoms with Crippen molar-refractivity contribution in [2.75, 3.05) is 0 Å². The molecule has 0 aliphatic rings. The Bertz CT molecular complexity index is 586. The van der Waals surface area contributed by atoms with E-state index < -0.39 is 0 Å². The Morgan fingerprint density at radius 3 is 2.28 bits per heavy atom. The molecule has 1 heterocycles. The van der Waals surface area contributed by atoms with Crippen molar-refractivity contribution in [3.05, 3.63) is 57.8 Å². The van der Waals surface area contributed by atoms with E-state index in [0.29, 0.717) is 5.56 Å². The van der Waals surface area contributed by atoms with Crippen molar-refractivity contribution in [1.82, 2.24) is 0 Å². The molecule has 2 nitrogen and oxygen atoms in total. The molecule has 0 aliphatic heterocycles. The van der Waals surface area contributed by atoms with Crippen molar-refractivity contribution in [2.45, 2.75) is 33.7 Å². The molecule has 1 aromatic carbocycles. The normalized spacial score (nSPS) is 12.8. The average molecular weight is 247 g/mol. The van der Waals surface area contributed by atoms with Crippen molar-refractivity contribution in [3.8, 4) is 0 Å². The fourth-order valence-electron chi connectivity index (χ4n) is 2.24. The molecule has 0 aliphatic carbocycles. The fourth-order valence-corrected chi connectivity index (χ4v) is 2.24. The molecule has 96 valence electrons. The smallest absolute Gasteiger partial charge is 0.126 e. The van der Waals surface area contributed by atoms with Crippen LogP contribution in [0, 0.1) is 33.5 Å². The standard InChI is InChI=1S/C15H18FNO/c1-8-5-6-12(7-13(8)16)15(17)14-9(2)10(3)18-11(14)4/h5-7,15H,17H2,1-4H3. The van der Waals surface area contributed by atoms with Gasteiger partial charge in [0, 0.05) is 5.56 Å². The lowest BCUT2D eigenvalue weighted by Gasteiger charge is -2.13. The Hall–Kier alpha value is -1.61. The first-order valence-electron chi connectivity index (χ1n) is 6.00. The van der Waals surface area contributed by atoms with Crippen LogP contribution in [-0.2, 0) is 0 Å². The summed E-state index contributed by atoms with van der Waals surface area (Å²) in [6.45, 7) is 7.52. The van der Waals surface area contributed by atoms with Gasteiger partial charge < -0.3 is 10.2 Å². The lowest BCUT2D eigenvalue weighted by Crippen LogP contribution is -2.13. The summed E-state index contributed by atoms with van der Waals surface area (Å²) in [5.41, 5.74) is 9.62. The third kappa shape index (κ3) is 2.06. The molecular formula is C15H18FNO. The molecule has 1 atom stereocenters. The minimum Gasteiger partial charge on any atom is -0.466 e. The van der Waals surface area contributed by atoms with E-state index in [-0.39, 0.29) is 11.9 Å². The molecule has 18 heavy (non-hydrogen) atoms. The van der Waals surface area contributed by atoms with Gasteiger partial charge in [-0.15, -0.1) is 0 Å². The molecule has 3 heteroatoms. The maximum atomic E-state index is 13.6. The van der Waals surface area contributed by atoms with Gasteiger partial charge >= 0.3 is 0 Å². The largest absolute Gasteiger partial charge is 0.466 e. The van der Waals surface area contributed by atoms with Crippen molar-refractivity contribution in [3.63, 3.8) is 0 Å². The summed E-state index contributed by atoms with van der Waals surface area (Å²) in [5.74, 6) is 1.45. The SMILES string of the molecule is Cc1ccc(C(N)c2c(C)oc(C)c2C)cc1F. The highest BCUT2D eigenvalue weighted by molar-refractivity contribution is 5.41. The first kappa shape index (κ1) is 12.8. The van der Waals surface area contributed by atoms with E-state index in [1.54, 1.807) is 13.0 Å². The summed E-state index contributed by atoms with van der Waals surface area (Å²) < 4.78 is 19.2. The molecule has 2 N–H and O–H groups in total. The number of nitrogens with two attached hydrogens (primary N) is 1. The summed E-state index contributed by atoms with van der Waals surface area (Å²) >= 11 is 0. The number of rotatable bonds is 2. The highest BCUT2D eigenvalue weighted by Gasteiger charge is 2.19. The van der Waals surface area contributed by atoms with E-state index in [4.69, 9.17) is 10.2 Å². The molecule has 0 saturated carbocycles. The number of halogens is 1. The molecular weight excluding hydrogens is 229 g/mol. The third-order valence-corrected chi connectivity index (χ3v) is 3.48. The van der Waals surface area contributed by atoms with Gasteiger partial charge in [0.25, 0.3) is 0 Å². The van der Waals surface area contributed by atoms with Crippen LogP contribution in [0.5, 0.6) is 0 Å². The lowest BCUT2D eigenvalue weighted by molar-refractivity contribution is 0.498. The van der Waals surface area contributed by atoms with E-state index in [2.05, 4.69) is 0 Å². The molecule has 2 aromatic rings. The average Bonchev–Trinajstić information content (AvgIpc) is 2.56. The van der Waals surface area contributed by atoms with Crippen molar-refractivity contribution in [1.29, 1.82) is 0 Å². The van der Waals surface area contributed by atoms with Crippen LogP contribution in [0.2, 0.25) is 0 Å². The maximum Gasteiger partial charge on any atom is 0.126 e. The summed E-state index contributed by atoms with van der Waals surface area (Å²) in [7, 11) is 0. The van der Waals surface area contributed by atoms with Gasteiger partial charge in [0.15, 0.2) is 0 Å². The highest BCUT2D eigenvalue weighted by atomic mass is 19.1. The minimum atomic E-state index is -0.349. The van der Waals surface area contributed by atoms with E-state index >= 15 is 0 Å². The Morgan fingerprint density at radius 1 is 1.11 bits per heavy atom. The zero-order chi connectivity index (χ0) is 13.4. The predicted octanol–water partition coefficient (Wildman–Crippen LogP) is 3.70. The number of aryl methyl sites for hydroxylation is 3. The lowest BCUT2D eigenvalue weighted by atomic mass is 9.95. The van der Waals surface area contributed by atoms with Crippen molar-refractivity contribution < 1.29 is 8.81 Å². The van der Waals surface area contributed by atoms with E-state index in [9.17, 15) is 4.39 Å². The summed E-state index contributed by atoms with van der Waals surface area (Å²) in [4.78, 5) is 0. The van der Waals surface area contributed by atoms with Gasteiger partial charge in [-0.3, -0.25) is 0 Å². The summed E-state index contributed by atoms with van der Waals surface area (Å²) in [6.07, 6.45) is 0. The maximum absolute atomic E-state index is 13.6. The van der Waals surface area contributed by atoms with Crippen LogP contribution in [-0.4, -0.2) is 0 Å². The van der Waals surface area contributed by atoms with Gasteiger partial charge in [-0.05, 0) is 50.5 Å². The Labute approximate surface area is 107 Å². The van der Waals surface area contributed by atoms with Crippen LogP contribution < -0.4 is 5.73 Å². The molecule has 0 spiro atoms. The quantitative estimate of drug-likeness (QED) is 0.878. The molecule has 0 saturated heterocycles. The van der Waals surface area contributed by atoms with Gasteiger partial charge in [0.2, 0.25) is 0 Å². The molecule has 0 amide bonds. The third-order valence-electron chi connectivity index (χ3n) is 3.48. The molecule has 1 aromatic heterocycles. The van der Waals surface area contributed by atoms with Crippen molar-refractivity contribution in [2.24, 2.45) is 5.73 Å². The second kappa shape index (κ2) is 4.58. The van der Waals surface area contributed by atoms with Gasteiger partial charge in [0.1, 0.15) is 17.3 Å². The topological polar surface area (TPSA) is 39.2 Å². The number of hydrogen-bond donors (Lipinski definition) is 1. The minimum absolute atomic E-state index is 0.224. The monoisotopic (exact) mass is 247 g/mol. The molecule has 0 radical (unpaired) electrons. The highest BCUT2D eigenvalue weighted by Crippen LogP contribution is 2.30. The first-order chi connectivity index (χ1) is 8.41. The Kier molecular flexibility index (Phi) is 3.26. The van der Waals surface area contributed by atoms with Crippen LogP contribution in [0.25, 0.3) is 0 Å².